The van der Waals surface area contributed by atoms with Crippen molar-refractivity contribution in [2.75, 3.05) is 25.6 Å². The molecule has 0 radical (unpaired) electrons. The number of nitrogens with zero attached hydrogens (tertiary/aromatic N) is 2. The summed E-state index contributed by atoms with van der Waals surface area (Å²) < 4.78 is 48.5. The van der Waals surface area contributed by atoms with Crippen molar-refractivity contribution in [1.29, 1.82) is 0 Å². The molecule has 4 rings (SSSR count). The van der Waals surface area contributed by atoms with Crippen molar-refractivity contribution in [3.05, 3.63) is 98.7 Å². The van der Waals surface area contributed by atoms with E-state index < -0.39 is 52.4 Å². The molecule has 1 aromatic heterocycles. The minimum Gasteiger partial charge on any atom is -0.482 e. The van der Waals surface area contributed by atoms with E-state index in [1.165, 1.54) is 15.8 Å². The van der Waals surface area contributed by atoms with Gasteiger partial charge in [0.15, 0.2) is 11.4 Å². The van der Waals surface area contributed by atoms with Gasteiger partial charge in [-0.25, -0.2) is 13.2 Å². The average Bonchev–Trinajstić information content (AvgIpc) is 2.89. The van der Waals surface area contributed by atoms with Crippen LogP contribution < -0.4 is 20.9 Å². The van der Waals surface area contributed by atoms with Crippen molar-refractivity contribution in [2.45, 2.75) is 32.4 Å². The lowest BCUT2D eigenvalue weighted by molar-refractivity contribution is 0.0773. The molecule has 0 aliphatic carbocycles. The Morgan fingerprint density at radius 2 is 1.76 bits per heavy atom. The van der Waals surface area contributed by atoms with E-state index in [1.54, 1.807) is 31.3 Å². The first-order chi connectivity index (χ1) is 18.3. The van der Waals surface area contributed by atoms with Gasteiger partial charge in [0.25, 0.3) is 11.8 Å². The highest BCUT2D eigenvalue weighted by Gasteiger charge is 2.28. The van der Waals surface area contributed by atoms with Crippen molar-refractivity contribution in [2.24, 2.45) is 0 Å². The summed E-state index contributed by atoms with van der Waals surface area (Å²) in [6.07, 6.45) is 3.59. The molecule has 1 aliphatic heterocycles. The van der Waals surface area contributed by atoms with Crippen LogP contribution >= 0.6 is 0 Å². The third-order valence-corrected chi connectivity index (χ3v) is 6.17. The van der Waals surface area contributed by atoms with Crippen molar-refractivity contribution in [1.82, 2.24) is 14.9 Å². The molecule has 200 valence electrons. The molecular formula is C27H27F3N4O4. The van der Waals surface area contributed by atoms with E-state index in [4.69, 9.17) is 4.74 Å². The van der Waals surface area contributed by atoms with Crippen LogP contribution in [-0.4, -0.2) is 41.5 Å². The summed E-state index contributed by atoms with van der Waals surface area (Å²) in [5, 5.41) is 2.30. The van der Waals surface area contributed by atoms with Crippen LogP contribution in [0.5, 0.6) is 5.75 Å². The molecule has 0 spiro atoms. The number of benzene rings is 2. The van der Waals surface area contributed by atoms with Crippen molar-refractivity contribution >= 4 is 11.8 Å². The highest BCUT2D eigenvalue weighted by atomic mass is 19.1. The monoisotopic (exact) mass is 528 g/mol. The number of fused-ring (bicyclic) bond motifs is 1. The van der Waals surface area contributed by atoms with Crippen LogP contribution in [0.3, 0.4) is 0 Å². The largest absolute Gasteiger partial charge is 0.482 e. The number of pyridine rings is 1. The predicted octanol–water partition coefficient (Wildman–Crippen LogP) is 3.57. The quantitative estimate of drug-likeness (QED) is 0.511. The SMILES string of the molecule is CN1CCCCCNn2cc(C(=O)NCc3c(F)cc(F)cc3F)c(=O)c(OCc3ccccc3)c2C1=O. The number of aromatic nitrogens is 1. The van der Waals surface area contributed by atoms with Gasteiger partial charge < -0.3 is 20.4 Å². The van der Waals surface area contributed by atoms with E-state index in [1.807, 2.05) is 6.07 Å². The third kappa shape index (κ3) is 5.99. The fraction of sp³-hybridized carbons (Fsp3) is 0.296. The second-order valence-corrected chi connectivity index (χ2v) is 8.92. The predicted molar refractivity (Wildman–Crippen MR) is 134 cm³/mol. The van der Waals surface area contributed by atoms with Crippen LogP contribution in [0, 0.1) is 17.5 Å². The second kappa shape index (κ2) is 11.8. The molecule has 0 bridgehead atoms. The molecule has 0 saturated carbocycles. The molecule has 0 saturated heterocycles. The van der Waals surface area contributed by atoms with Gasteiger partial charge in [-0.1, -0.05) is 30.3 Å². The third-order valence-electron chi connectivity index (χ3n) is 6.17. The lowest BCUT2D eigenvalue weighted by Gasteiger charge is -2.25. The van der Waals surface area contributed by atoms with Gasteiger partial charge in [0.1, 0.15) is 29.6 Å². The Morgan fingerprint density at radius 3 is 2.47 bits per heavy atom. The van der Waals surface area contributed by atoms with Gasteiger partial charge in [-0.05, 0) is 24.8 Å². The molecule has 8 nitrogen and oxygen atoms in total. The van der Waals surface area contributed by atoms with Crippen molar-refractivity contribution in [3.8, 4) is 5.75 Å². The smallest absolute Gasteiger partial charge is 0.276 e. The van der Waals surface area contributed by atoms with Crippen LogP contribution in [0.25, 0.3) is 0 Å². The van der Waals surface area contributed by atoms with Crippen LogP contribution in [0.15, 0.2) is 53.5 Å². The molecule has 2 amide bonds. The normalized spacial score (nSPS) is 13.9. The van der Waals surface area contributed by atoms with Crippen LogP contribution in [-0.2, 0) is 13.2 Å². The number of hydrogen-bond donors (Lipinski definition) is 2. The lowest BCUT2D eigenvalue weighted by atomic mass is 10.1. The van der Waals surface area contributed by atoms with E-state index in [-0.39, 0.29) is 18.1 Å². The molecule has 1 aliphatic rings. The Bertz CT molecular complexity index is 1370. The Hall–Kier alpha value is -4.28. The zero-order valence-corrected chi connectivity index (χ0v) is 20.7. The fourth-order valence-electron chi connectivity index (χ4n) is 4.08. The number of halogens is 3. The van der Waals surface area contributed by atoms with Gasteiger partial charge in [-0.2, -0.15) is 0 Å². The topological polar surface area (TPSA) is 92.7 Å². The van der Waals surface area contributed by atoms with Gasteiger partial charge in [-0.3, -0.25) is 19.1 Å². The number of nitrogens with one attached hydrogen (secondary N) is 2. The maximum absolute atomic E-state index is 14.1. The summed E-state index contributed by atoms with van der Waals surface area (Å²) in [7, 11) is 1.62. The maximum Gasteiger partial charge on any atom is 0.276 e. The minimum atomic E-state index is -1.17. The lowest BCUT2D eigenvalue weighted by Crippen LogP contribution is -2.38. The highest BCUT2D eigenvalue weighted by Crippen LogP contribution is 2.20. The molecule has 2 aromatic carbocycles. The number of ether oxygens (including phenoxy) is 1. The van der Waals surface area contributed by atoms with E-state index >= 15 is 0 Å². The van der Waals surface area contributed by atoms with Gasteiger partial charge in [0, 0.05) is 50.6 Å². The summed E-state index contributed by atoms with van der Waals surface area (Å²) >= 11 is 0. The van der Waals surface area contributed by atoms with Crippen LogP contribution in [0.2, 0.25) is 0 Å². The molecular weight excluding hydrogens is 501 g/mol. The fourth-order valence-corrected chi connectivity index (χ4v) is 4.08. The number of carbonyl (C=O) groups excluding carboxylic acids is 2. The average molecular weight is 529 g/mol. The Morgan fingerprint density at radius 1 is 1.05 bits per heavy atom. The van der Waals surface area contributed by atoms with Gasteiger partial charge in [0.2, 0.25) is 5.43 Å². The Kier molecular flexibility index (Phi) is 8.35. The summed E-state index contributed by atoms with van der Waals surface area (Å²) in [5.41, 5.74) is 1.90. The number of carbonyl (C=O) groups is 2. The van der Waals surface area contributed by atoms with Crippen LogP contribution in [0.4, 0.5) is 13.2 Å². The van der Waals surface area contributed by atoms with E-state index in [9.17, 15) is 27.6 Å². The van der Waals surface area contributed by atoms with Gasteiger partial charge in [0.05, 0.1) is 0 Å². The molecule has 0 fully saturated rings. The molecule has 0 atom stereocenters. The van der Waals surface area contributed by atoms with Crippen LogP contribution in [0.1, 0.15) is 51.2 Å². The summed E-state index contributed by atoms with van der Waals surface area (Å²) in [4.78, 5) is 41.4. The highest BCUT2D eigenvalue weighted by molar-refractivity contribution is 5.98. The van der Waals surface area contributed by atoms with Crippen molar-refractivity contribution < 1.29 is 27.5 Å². The molecule has 3 aromatic rings. The Labute approximate surface area is 217 Å². The zero-order chi connectivity index (χ0) is 27.2. The maximum atomic E-state index is 14.1. The van der Waals surface area contributed by atoms with E-state index in [0.29, 0.717) is 25.2 Å². The molecule has 2 N–H and O–H groups in total. The number of rotatable bonds is 6. The van der Waals surface area contributed by atoms with E-state index in [2.05, 4.69) is 10.7 Å². The molecule has 38 heavy (non-hydrogen) atoms. The molecule has 2 heterocycles. The second-order valence-electron chi connectivity index (χ2n) is 8.92. The minimum absolute atomic E-state index is 0.0445. The standard InChI is InChI=1S/C27H27F3N4O4/c1-33-11-7-3-6-10-32-34-15-20(26(36)31-14-19-21(29)12-18(28)13-22(19)30)24(35)25(23(34)27(33)37)38-16-17-8-4-2-5-9-17/h2,4-5,8-9,12-13,15,32H,3,6-7,10-11,14,16H2,1H3,(H,31,36). The number of amides is 2. The summed E-state index contributed by atoms with van der Waals surface area (Å²) in [5.74, 6) is -5.19. The zero-order valence-electron chi connectivity index (χ0n) is 20.7. The first-order valence-corrected chi connectivity index (χ1v) is 12.1. The van der Waals surface area contributed by atoms with Gasteiger partial charge >= 0.3 is 0 Å². The summed E-state index contributed by atoms with van der Waals surface area (Å²) in [6.45, 7) is 0.255. The van der Waals surface area contributed by atoms with Crippen molar-refractivity contribution in [3.63, 3.8) is 0 Å². The van der Waals surface area contributed by atoms with Gasteiger partial charge in [-0.15, -0.1) is 0 Å². The number of hydrogen-bond acceptors (Lipinski definition) is 5. The first-order valence-electron chi connectivity index (χ1n) is 12.1. The molecule has 0 unspecified atom stereocenters. The Balaban J connectivity index is 1.73. The first kappa shape index (κ1) is 26.8. The molecule has 11 heteroatoms. The summed E-state index contributed by atoms with van der Waals surface area (Å²) in [6, 6.07) is 9.97. The van der Waals surface area contributed by atoms with E-state index in [0.717, 1.165) is 24.8 Å².